The molecule has 0 spiro atoms. The van der Waals surface area contributed by atoms with Crippen molar-refractivity contribution in [2.45, 2.75) is 56.4 Å². The van der Waals surface area contributed by atoms with Crippen LogP contribution < -0.4 is 4.72 Å². The third-order valence-corrected chi connectivity index (χ3v) is 5.98. The number of ether oxygens (including phenoxy) is 2. The molecule has 1 aliphatic rings. The number of benzene rings is 1. The van der Waals surface area contributed by atoms with E-state index in [1.54, 1.807) is 26.0 Å². The fourth-order valence-electron chi connectivity index (χ4n) is 3.13. The van der Waals surface area contributed by atoms with Gasteiger partial charge in [0.1, 0.15) is 24.4 Å². The number of aliphatic hydroxyl groups is 3. The van der Waals surface area contributed by atoms with Gasteiger partial charge < -0.3 is 24.8 Å². The van der Waals surface area contributed by atoms with Crippen LogP contribution in [-0.2, 0) is 19.5 Å². The maximum atomic E-state index is 12.6. The van der Waals surface area contributed by atoms with Gasteiger partial charge in [0.05, 0.1) is 4.90 Å². The molecule has 0 aliphatic carbocycles. The first-order valence-electron chi connectivity index (χ1n) is 7.88. The Kier molecular flexibility index (Phi) is 6.21. The molecule has 9 heteroatoms. The van der Waals surface area contributed by atoms with Gasteiger partial charge >= 0.3 is 0 Å². The molecule has 1 aromatic rings. The number of sulfonamides is 1. The second-order valence-electron chi connectivity index (χ2n) is 6.33. The molecule has 1 saturated heterocycles. The highest BCUT2D eigenvalue weighted by atomic mass is 32.2. The Labute approximate surface area is 147 Å². The average molecular weight is 375 g/mol. The van der Waals surface area contributed by atoms with Crippen molar-refractivity contribution >= 4 is 10.0 Å². The van der Waals surface area contributed by atoms with Gasteiger partial charge in [-0.2, -0.15) is 0 Å². The van der Waals surface area contributed by atoms with Gasteiger partial charge in [0.15, 0.2) is 6.29 Å². The summed E-state index contributed by atoms with van der Waals surface area (Å²) in [4.78, 5) is 0.173. The van der Waals surface area contributed by atoms with E-state index in [1.165, 1.54) is 7.11 Å². The van der Waals surface area contributed by atoms with Crippen molar-refractivity contribution in [2.24, 2.45) is 0 Å². The van der Waals surface area contributed by atoms with Crippen molar-refractivity contribution in [3.8, 4) is 0 Å². The third kappa shape index (κ3) is 4.20. The molecule has 142 valence electrons. The van der Waals surface area contributed by atoms with Crippen molar-refractivity contribution < 1.29 is 33.2 Å². The number of hydrogen-bond acceptors (Lipinski definition) is 7. The Morgan fingerprint density at radius 2 is 1.64 bits per heavy atom. The summed E-state index contributed by atoms with van der Waals surface area (Å²) in [6, 6.07) is 3.54. The second-order valence-corrected chi connectivity index (χ2v) is 8.03. The van der Waals surface area contributed by atoms with Crippen molar-refractivity contribution in [1.82, 2.24) is 4.72 Å². The minimum Gasteiger partial charge on any atom is -0.388 e. The van der Waals surface area contributed by atoms with Crippen LogP contribution in [0.5, 0.6) is 0 Å². The Morgan fingerprint density at radius 1 is 1.08 bits per heavy atom. The topological polar surface area (TPSA) is 125 Å². The SMILES string of the molecule is COC1O[C@H](CNS(=O)(=O)c2c(C)cc(C)cc2C)C(O)[C@@H](O)[C@@H]1O. The number of aliphatic hydroxyl groups excluding tert-OH is 3. The van der Waals surface area contributed by atoms with E-state index in [0.717, 1.165) is 5.56 Å². The lowest BCUT2D eigenvalue weighted by atomic mass is 9.99. The Morgan fingerprint density at radius 3 is 2.16 bits per heavy atom. The maximum absolute atomic E-state index is 12.6. The summed E-state index contributed by atoms with van der Waals surface area (Å²) in [5.41, 5.74) is 2.18. The zero-order chi connectivity index (χ0) is 18.9. The van der Waals surface area contributed by atoms with Crippen molar-refractivity contribution in [2.75, 3.05) is 13.7 Å². The van der Waals surface area contributed by atoms with E-state index in [0.29, 0.717) is 11.1 Å². The molecule has 1 fully saturated rings. The molecule has 2 rings (SSSR count). The summed E-state index contributed by atoms with van der Waals surface area (Å²) in [6.07, 6.45) is -6.60. The quantitative estimate of drug-likeness (QED) is 0.539. The van der Waals surface area contributed by atoms with Gasteiger partial charge in [-0.25, -0.2) is 13.1 Å². The molecule has 1 aromatic carbocycles. The van der Waals surface area contributed by atoms with Crippen molar-refractivity contribution in [3.63, 3.8) is 0 Å². The molecule has 8 nitrogen and oxygen atoms in total. The van der Waals surface area contributed by atoms with Gasteiger partial charge in [-0.1, -0.05) is 17.7 Å². The molecule has 4 N–H and O–H groups in total. The van der Waals surface area contributed by atoms with E-state index < -0.39 is 40.7 Å². The van der Waals surface area contributed by atoms with Crippen molar-refractivity contribution in [3.05, 3.63) is 28.8 Å². The molecule has 0 saturated carbocycles. The summed E-state index contributed by atoms with van der Waals surface area (Å²) in [5, 5.41) is 29.6. The Bertz CT molecular complexity index is 696. The average Bonchev–Trinajstić information content (AvgIpc) is 2.50. The normalized spacial score (nSPS) is 30.4. The van der Waals surface area contributed by atoms with Crippen LogP contribution in [0.3, 0.4) is 0 Å². The monoisotopic (exact) mass is 375 g/mol. The number of hydrogen-bond donors (Lipinski definition) is 4. The first-order valence-corrected chi connectivity index (χ1v) is 9.36. The zero-order valence-corrected chi connectivity index (χ0v) is 15.4. The van der Waals surface area contributed by atoms with Crippen LogP contribution in [0.2, 0.25) is 0 Å². The highest BCUT2D eigenvalue weighted by molar-refractivity contribution is 7.89. The summed E-state index contributed by atoms with van der Waals surface area (Å²) in [5.74, 6) is 0. The standard InChI is InChI=1S/C16H25NO7S/c1-8-5-9(2)15(10(3)6-8)25(21,22)17-7-11-12(18)13(19)14(20)16(23-4)24-11/h5-6,11-14,16-20H,7H2,1-4H3/t11-,12?,13-,14+,16?/m1/s1. The van der Waals surface area contributed by atoms with E-state index in [4.69, 9.17) is 9.47 Å². The molecular weight excluding hydrogens is 350 g/mol. The van der Waals surface area contributed by atoms with Gasteiger partial charge in [-0.15, -0.1) is 0 Å². The molecule has 0 aromatic heterocycles. The minimum atomic E-state index is -3.84. The van der Waals surface area contributed by atoms with Crippen LogP contribution in [-0.4, -0.2) is 68.1 Å². The summed E-state index contributed by atoms with van der Waals surface area (Å²) < 4.78 is 37.9. The molecule has 2 unspecified atom stereocenters. The first kappa shape index (κ1) is 20.2. The van der Waals surface area contributed by atoms with E-state index in [-0.39, 0.29) is 11.4 Å². The van der Waals surface area contributed by atoms with Crippen LogP contribution in [0.25, 0.3) is 0 Å². The van der Waals surface area contributed by atoms with Gasteiger partial charge in [-0.05, 0) is 31.9 Å². The number of rotatable bonds is 5. The molecule has 0 radical (unpaired) electrons. The van der Waals surface area contributed by atoms with Gasteiger partial charge in [0.2, 0.25) is 10.0 Å². The summed E-state index contributed by atoms with van der Waals surface area (Å²) >= 11 is 0. The lowest BCUT2D eigenvalue weighted by Crippen LogP contribution is -2.60. The Balaban J connectivity index is 2.17. The molecular formula is C16H25NO7S. The van der Waals surface area contributed by atoms with Crippen LogP contribution in [0.15, 0.2) is 17.0 Å². The number of aryl methyl sites for hydroxylation is 3. The van der Waals surface area contributed by atoms with E-state index >= 15 is 0 Å². The van der Waals surface area contributed by atoms with Gasteiger partial charge in [-0.3, -0.25) is 0 Å². The fraction of sp³-hybridized carbons (Fsp3) is 0.625. The molecule has 1 heterocycles. The number of nitrogens with one attached hydrogen (secondary N) is 1. The predicted octanol–water partition coefficient (Wildman–Crippen LogP) is -0.656. The third-order valence-electron chi connectivity index (χ3n) is 4.25. The minimum absolute atomic E-state index is 0.173. The lowest BCUT2D eigenvalue weighted by Gasteiger charge is -2.39. The predicted molar refractivity (Wildman–Crippen MR) is 89.5 cm³/mol. The second kappa shape index (κ2) is 7.67. The van der Waals surface area contributed by atoms with E-state index in [2.05, 4.69) is 4.72 Å². The molecule has 1 aliphatic heterocycles. The zero-order valence-electron chi connectivity index (χ0n) is 14.6. The lowest BCUT2D eigenvalue weighted by molar-refractivity contribution is -0.287. The van der Waals surface area contributed by atoms with Crippen LogP contribution in [0, 0.1) is 20.8 Å². The highest BCUT2D eigenvalue weighted by Crippen LogP contribution is 2.24. The van der Waals surface area contributed by atoms with Gasteiger partial charge in [0.25, 0.3) is 0 Å². The first-order chi connectivity index (χ1) is 11.6. The van der Waals surface area contributed by atoms with Crippen LogP contribution in [0.1, 0.15) is 16.7 Å². The van der Waals surface area contributed by atoms with Gasteiger partial charge in [0, 0.05) is 13.7 Å². The van der Waals surface area contributed by atoms with E-state index in [9.17, 15) is 23.7 Å². The summed E-state index contributed by atoms with van der Waals surface area (Å²) in [6.45, 7) is 5.02. The smallest absolute Gasteiger partial charge is 0.241 e. The van der Waals surface area contributed by atoms with Crippen LogP contribution in [0.4, 0.5) is 0 Å². The molecule has 0 bridgehead atoms. The summed E-state index contributed by atoms with van der Waals surface area (Å²) in [7, 11) is -2.57. The molecule has 0 amide bonds. The largest absolute Gasteiger partial charge is 0.388 e. The Hall–Kier alpha value is -1.07. The fourth-order valence-corrected chi connectivity index (χ4v) is 4.63. The van der Waals surface area contributed by atoms with E-state index in [1.807, 2.05) is 6.92 Å². The number of methoxy groups -OCH3 is 1. The molecule has 5 atom stereocenters. The highest BCUT2D eigenvalue weighted by Gasteiger charge is 2.44. The van der Waals surface area contributed by atoms with Crippen LogP contribution >= 0.6 is 0 Å². The van der Waals surface area contributed by atoms with Crippen molar-refractivity contribution in [1.29, 1.82) is 0 Å². The molecule has 25 heavy (non-hydrogen) atoms. The maximum Gasteiger partial charge on any atom is 0.241 e.